The Morgan fingerprint density at radius 1 is 1.04 bits per heavy atom. The van der Waals surface area contributed by atoms with E-state index in [4.69, 9.17) is 5.73 Å². The van der Waals surface area contributed by atoms with Gasteiger partial charge in [-0.05, 0) is 46.3 Å². The van der Waals surface area contributed by atoms with Gasteiger partial charge in [0.25, 0.3) is 11.8 Å². The molecule has 0 bridgehead atoms. The van der Waals surface area contributed by atoms with Crippen molar-refractivity contribution in [2.24, 2.45) is 5.73 Å². The molecule has 0 saturated heterocycles. The number of thioether (sulfide) groups is 1. The number of benzene rings is 2. The molecule has 0 aliphatic rings. The predicted octanol–water partition coefficient (Wildman–Crippen LogP) is 2.24. The van der Waals surface area contributed by atoms with E-state index in [1.807, 2.05) is 0 Å². The lowest BCUT2D eigenvalue weighted by atomic mass is 10.2. The van der Waals surface area contributed by atoms with Crippen molar-refractivity contribution < 1.29 is 18.8 Å². The van der Waals surface area contributed by atoms with Crippen LogP contribution in [0.2, 0.25) is 0 Å². The molecule has 9 heteroatoms. The summed E-state index contributed by atoms with van der Waals surface area (Å²) in [6.07, 6.45) is 0. The number of hydrogen-bond acceptors (Lipinski definition) is 4. The van der Waals surface area contributed by atoms with Crippen LogP contribution in [-0.4, -0.2) is 23.5 Å². The molecule has 130 valence electrons. The molecular weight excluding hydrogens is 413 g/mol. The van der Waals surface area contributed by atoms with Crippen molar-refractivity contribution in [2.45, 2.75) is 4.90 Å². The van der Waals surface area contributed by atoms with Crippen LogP contribution in [0.25, 0.3) is 0 Å². The molecular formula is C16H13BrFN3O3S. The van der Waals surface area contributed by atoms with Gasteiger partial charge in [0.2, 0.25) is 5.91 Å². The van der Waals surface area contributed by atoms with Crippen LogP contribution in [0.5, 0.6) is 0 Å². The minimum Gasteiger partial charge on any atom is -0.369 e. The summed E-state index contributed by atoms with van der Waals surface area (Å²) in [6.45, 7) is 0. The molecule has 2 aromatic carbocycles. The van der Waals surface area contributed by atoms with Gasteiger partial charge in [0.05, 0.1) is 16.9 Å². The van der Waals surface area contributed by atoms with Crippen LogP contribution in [0.1, 0.15) is 20.7 Å². The zero-order valence-corrected chi connectivity index (χ0v) is 15.1. The molecule has 4 N–H and O–H groups in total. The molecule has 0 heterocycles. The van der Waals surface area contributed by atoms with Gasteiger partial charge in [-0.15, -0.1) is 11.8 Å². The van der Waals surface area contributed by atoms with E-state index in [2.05, 4.69) is 26.8 Å². The summed E-state index contributed by atoms with van der Waals surface area (Å²) >= 11 is 4.21. The Morgan fingerprint density at radius 2 is 1.68 bits per heavy atom. The van der Waals surface area contributed by atoms with Crippen LogP contribution in [0.3, 0.4) is 0 Å². The van der Waals surface area contributed by atoms with Gasteiger partial charge >= 0.3 is 0 Å². The quantitative estimate of drug-likeness (QED) is 0.504. The number of halogens is 2. The maximum absolute atomic E-state index is 13.1. The van der Waals surface area contributed by atoms with Crippen molar-refractivity contribution in [2.75, 3.05) is 5.75 Å². The van der Waals surface area contributed by atoms with Gasteiger partial charge < -0.3 is 5.73 Å². The maximum Gasteiger partial charge on any atom is 0.270 e. The van der Waals surface area contributed by atoms with Crippen molar-refractivity contribution in [3.63, 3.8) is 0 Å². The molecule has 25 heavy (non-hydrogen) atoms. The second-order valence-electron chi connectivity index (χ2n) is 4.78. The molecule has 2 aromatic rings. The number of nitrogens with one attached hydrogen (secondary N) is 2. The average Bonchev–Trinajstić information content (AvgIpc) is 2.57. The van der Waals surface area contributed by atoms with Crippen molar-refractivity contribution in [3.8, 4) is 0 Å². The fourth-order valence-corrected chi connectivity index (χ4v) is 3.17. The van der Waals surface area contributed by atoms with E-state index in [1.54, 1.807) is 24.3 Å². The third-order valence-corrected chi connectivity index (χ3v) is 4.72. The number of hydrazine groups is 1. The van der Waals surface area contributed by atoms with Crippen molar-refractivity contribution in [1.29, 1.82) is 0 Å². The molecule has 2 rings (SSSR count). The highest BCUT2D eigenvalue weighted by Gasteiger charge is 2.15. The summed E-state index contributed by atoms with van der Waals surface area (Å²) in [5.74, 6) is -2.14. The van der Waals surface area contributed by atoms with Gasteiger partial charge in [-0.25, -0.2) is 4.39 Å². The lowest BCUT2D eigenvalue weighted by molar-refractivity contribution is -0.115. The smallest absolute Gasteiger partial charge is 0.270 e. The first kappa shape index (κ1) is 18.9. The minimum atomic E-state index is -0.609. The van der Waals surface area contributed by atoms with E-state index >= 15 is 0 Å². The van der Waals surface area contributed by atoms with Crippen LogP contribution >= 0.6 is 27.7 Å². The second kappa shape index (κ2) is 8.63. The molecule has 0 radical (unpaired) electrons. The molecule has 0 aliphatic carbocycles. The number of rotatable bonds is 5. The fourth-order valence-electron chi connectivity index (χ4n) is 1.85. The van der Waals surface area contributed by atoms with E-state index in [1.165, 1.54) is 6.07 Å². The second-order valence-corrected chi connectivity index (χ2v) is 6.66. The van der Waals surface area contributed by atoms with Crippen LogP contribution in [0, 0.1) is 5.82 Å². The molecule has 0 aliphatic heterocycles. The van der Waals surface area contributed by atoms with Crippen molar-refractivity contribution in [3.05, 3.63) is 63.9 Å². The first-order valence-corrected chi connectivity index (χ1v) is 8.72. The number of primary amides is 1. The largest absolute Gasteiger partial charge is 0.369 e. The standard InChI is InChI=1S/C16H13BrFN3O3S/c17-12-7-9(18)5-6-10(12)15(23)20-21-16(24)11-3-1-2-4-13(11)25-8-14(19)22/h1-7H,8H2,(H2,19,22)(H,20,23)(H,21,24). The predicted molar refractivity (Wildman–Crippen MR) is 95.4 cm³/mol. The van der Waals surface area contributed by atoms with Gasteiger partial charge in [0.15, 0.2) is 0 Å². The lowest BCUT2D eigenvalue weighted by Crippen LogP contribution is -2.42. The van der Waals surface area contributed by atoms with Crippen LogP contribution in [0.15, 0.2) is 51.8 Å². The highest BCUT2D eigenvalue weighted by atomic mass is 79.9. The highest BCUT2D eigenvalue weighted by Crippen LogP contribution is 2.22. The van der Waals surface area contributed by atoms with Gasteiger partial charge in [-0.3, -0.25) is 25.2 Å². The Bertz CT molecular complexity index is 832. The Balaban J connectivity index is 2.05. The normalized spacial score (nSPS) is 10.2. The lowest BCUT2D eigenvalue weighted by Gasteiger charge is -2.11. The van der Waals surface area contributed by atoms with E-state index in [0.717, 1.165) is 23.9 Å². The molecule has 6 nitrogen and oxygen atoms in total. The van der Waals surface area contributed by atoms with Crippen molar-refractivity contribution in [1.82, 2.24) is 10.9 Å². The minimum absolute atomic E-state index is 0.0270. The summed E-state index contributed by atoms with van der Waals surface area (Å²) in [7, 11) is 0. The molecule has 0 aromatic heterocycles. The van der Waals surface area contributed by atoms with E-state index in [9.17, 15) is 18.8 Å². The highest BCUT2D eigenvalue weighted by molar-refractivity contribution is 9.10. The molecule has 0 saturated carbocycles. The Labute approximate surface area is 155 Å². The SMILES string of the molecule is NC(=O)CSc1ccccc1C(=O)NNC(=O)c1ccc(F)cc1Br. The number of hydrogen-bond donors (Lipinski definition) is 3. The Hall–Kier alpha value is -2.39. The van der Waals surface area contributed by atoms with Crippen LogP contribution in [-0.2, 0) is 4.79 Å². The summed E-state index contributed by atoms with van der Waals surface area (Å²) in [6, 6.07) is 10.2. The van der Waals surface area contributed by atoms with Crippen molar-refractivity contribution >= 4 is 45.4 Å². The van der Waals surface area contributed by atoms with E-state index in [-0.39, 0.29) is 21.4 Å². The molecule has 0 atom stereocenters. The number of carbonyl (C=O) groups is 3. The number of carbonyl (C=O) groups excluding carboxylic acids is 3. The topological polar surface area (TPSA) is 101 Å². The monoisotopic (exact) mass is 425 g/mol. The van der Waals surface area contributed by atoms with Crippen LogP contribution in [0.4, 0.5) is 4.39 Å². The van der Waals surface area contributed by atoms with Crippen LogP contribution < -0.4 is 16.6 Å². The maximum atomic E-state index is 13.1. The molecule has 0 fully saturated rings. The van der Waals surface area contributed by atoms with Gasteiger partial charge in [-0.2, -0.15) is 0 Å². The summed E-state index contributed by atoms with van der Waals surface area (Å²) in [4.78, 5) is 35.8. The summed E-state index contributed by atoms with van der Waals surface area (Å²) in [5.41, 5.74) is 10.1. The number of amides is 3. The molecule has 0 unspecified atom stereocenters. The van der Waals surface area contributed by atoms with Gasteiger partial charge in [0.1, 0.15) is 5.82 Å². The average molecular weight is 426 g/mol. The van der Waals surface area contributed by atoms with Gasteiger partial charge in [-0.1, -0.05) is 12.1 Å². The van der Waals surface area contributed by atoms with E-state index in [0.29, 0.717) is 4.90 Å². The fraction of sp³-hybridized carbons (Fsp3) is 0.0625. The zero-order valence-electron chi connectivity index (χ0n) is 12.7. The summed E-state index contributed by atoms with van der Waals surface area (Å²) in [5, 5.41) is 0. The third-order valence-electron chi connectivity index (χ3n) is 2.97. The molecule has 3 amide bonds. The van der Waals surface area contributed by atoms with E-state index < -0.39 is 23.5 Å². The first-order chi connectivity index (χ1) is 11.9. The third kappa shape index (κ3) is 5.30. The zero-order chi connectivity index (χ0) is 18.4. The van der Waals surface area contributed by atoms with Gasteiger partial charge in [0, 0.05) is 9.37 Å². The summed E-state index contributed by atoms with van der Waals surface area (Å²) < 4.78 is 13.3. The molecule has 0 spiro atoms. The Morgan fingerprint density at radius 3 is 2.32 bits per heavy atom. The number of nitrogens with two attached hydrogens (primary N) is 1. The Kier molecular flexibility index (Phi) is 6.54. The first-order valence-electron chi connectivity index (χ1n) is 6.94.